The highest BCUT2D eigenvalue weighted by atomic mass is 16.5. The zero-order valence-electron chi connectivity index (χ0n) is 16.1. The summed E-state index contributed by atoms with van der Waals surface area (Å²) >= 11 is 0. The number of benzene rings is 1. The van der Waals surface area contributed by atoms with Crippen molar-refractivity contribution >= 4 is 5.91 Å². The highest BCUT2D eigenvalue weighted by Gasteiger charge is 2.27. The minimum Gasteiger partial charge on any atom is -0.461 e. The lowest BCUT2D eigenvalue weighted by Gasteiger charge is -2.35. The molecule has 1 aliphatic carbocycles. The van der Waals surface area contributed by atoms with Gasteiger partial charge in [-0.3, -0.25) is 4.79 Å². The van der Waals surface area contributed by atoms with E-state index in [0.29, 0.717) is 42.3 Å². The Hall–Kier alpha value is -2.89. The normalized spacial score (nSPS) is 19.5. The Kier molecular flexibility index (Phi) is 5.55. The first kappa shape index (κ1) is 18.5. The summed E-state index contributed by atoms with van der Waals surface area (Å²) in [4.78, 5) is 18.8. The zero-order chi connectivity index (χ0) is 19.3. The Bertz CT molecular complexity index is 881. The predicted molar refractivity (Wildman–Crippen MR) is 105 cm³/mol. The predicted octanol–water partition coefficient (Wildman–Crippen LogP) is 4.45. The van der Waals surface area contributed by atoms with Gasteiger partial charge in [-0.15, -0.1) is 0 Å². The number of hydrogen-bond acceptors (Lipinski definition) is 5. The van der Waals surface area contributed by atoms with E-state index in [2.05, 4.69) is 40.5 Å². The van der Waals surface area contributed by atoms with Crippen LogP contribution in [0.25, 0.3) is 11.6 Å². The van der Waals surface area contributed by atoms with Gasteiger partial charge in [-0.25, -0.2) is 0 Å². The minimum atomic E-state index is 0.126. The smallest absolute Gasteiger partial charge is 0.238 e. The third kappa shape index (κ3) is 4.16. The first-order chi connectivity index (χ1) is 13.7. The summed E-state index contributed by atoms with van der Waals surface area (Å²) < 4.78 is 10.5. The first-order valence-corrected chi connectivity index (χ1v) is 9.88. The molecule has 4 rings (SSSR count). The van der Waals surface area contributed by atoms with Gasteiger partial charge in [0.05, 0.1) is 6.26 Å². The fourth-order valence-corrected chi connectivity index (χ4v) is 3.98. The maximum absolute atomic E-state index is 12.6. The molecule has 3 aromatic rings. The van der Waals surface area contributed by atoms with E-state index in [9.17, 15) is 4.79 Å². The molecule has 1 aromatic carbocycles. The van der Waals surface area contributed by atoms with Crippen LogP contribution in [0.2, 0.25) is 0 Å². The van der Waals surface area contributed by atoms with Crippen molar-refractivity contribution in [2.75, 3.05) is 7.05 Å². The molecule has 2 heterocycles. The van der Waals surface area contributed by atoms with Crippen LogP contribution >= 0.6 is 0 Å². The third-order valence-corrected chi connectivity index (χ3v) is 5.67. The Balaban J connectivity index is 1.26. The van der Waals surface area contributed by atoms with E-state index in [0.717, 1.165) is 25.7 Å². The highest BCUT2D eigenvalue weighted by molar-refractivity contribution is 5.76. The molecule has 0 saturated heterocycles. The lowest BCUT2D eigenvalue weighted by atomic mass is 9.81. The topological polar surface area (TPSA) is 72.4 Å². The molecule has 1 aliphatic rings. The summed E-state index contributed by atoms with van der Waals surface area (Å²) in [6.45, 7) is 0. The van der Waals surface area contributed by atoms with Gasteiger partial charge in [0.1, 0.15) is 0 Å². The molecule has 0 aliphatic heterocycles. The van der Waals surface area contributed by atoms with Crippen LogP contribution in [-0.2, 0) is 11.2 Å². The van der Waals surface area contributed by atoms with Crippen molar-refractivity contribution in [2.24, 2.45) is 0 Å². The average Bonchev–Trinajstić information content (AvgIpc) is 3.44. The second-order valence-corrected chi connectivity index (χ2v) is 7.41. The van der Waals surface area contributed by atoms with Gasteiger partial charge in [0, 0.05) is 25.9 Å². The quantitative estimate of drug-likeness (QED) is 0.633. The highest BCUT2D eigenvalue weighted by Crippen LogP contribution is 2.34. The standard InChI is InChI=1S/C22H25N3O3/c1-25(18-11-9-17(10-12-18)16-6-3-2-4-7-16)21(26)14-13-20-23-22(24-28-20)19-8-5-15-27-19/h2-8,15,17-18H,9-14H2,1H3. The van der Waals surface area contributed by atoms with Crippen LogP contribution in [0.1, 0.15) is 49.5 Å². The molecule has 0 atom stereocenters. The van der Waals surface area contributed by atoms with Crippen LogP contribution in [-0.4, -0.2) is 34.0 Å². The van der Waals surface area contributed by atoms with E-state index in [4.69, 9.17) is 8.94 Å². The number of aromatic nitrogens is 2. The van der Waals surface area contributed by atoms with Crippen molar-refractivity contribution in [1.29, 1.82) is 0 Å². The molecule has 0 bridgehead atoms. The van der Waals surface area contributed by atoms with Crippen LogP contribution < -0.4 is 0 Å². The van der Waals surface area contributed by atoms with Crippen molar-refractivity contribution in [3.05, 3.63) is 60.2 Å². The number of hydrogen-bond donors (Lipinski definition) is 0. The molecule has 0 unspecified atom stereocenters. The molecule has 0 N–H and O–H groups in total. The Labute approximate surface area is 164 Å². The van der Waals surface area contributed by atoms with Gasteiger partial charge in [-0.1, -0.05) is 35.5 Å². The van der Waals surface area contributed by atoms with Crippen molar-refractivity contribution in [1.82, 2.24) is 15.0 Å². The van der Waals surface area contributed by atoms with E-state index in [-0.39, 0.29) is 5.91 Å². The van der Waals surface area contributed by atoms with Gasteiger partial charge < -0.3 is 13.8 Å². The summed E-state index contributed by atoms with van der Waals surface area (Å²) in [5, 5.41) is 3.90. The Morgan fingerprint density at radius 3 is 2.61 bits per heavy atom. The van der Waals surface area contributed by atoms with E-state index in [1.54, 1.807) is 18.4 Å². The molecular weight excluding hydrogens is 354 g/mol. The van der Waals surface area contributed by atoms with Gasteiger partial charge in [0.15, 0.2) is 5.76 Å². The number of rotatable bonds is 6. The van der Waals surface area contributed by atoms with Gasteiger partial charge in [0.25, 0.3) is 0 Å². The third-order valence-electron chi connectivity index (χ3n) is 5.67. The van der Waals surface area contributed by atoms with Crippen molar-refractivity contribution < 1.29 is 13.7 Å². The van der Waals surface area contributed by atoms with Crippen LogP contribution in [0.4, 0.5) is 0 Å². The summed E-state index contributed by atoms with van der Waals surface area (Å²) in [6, 6.07) is 14.5. The maximum Gasteiger partial charge on any atom is 0.238 e. The molecule has 146 valence electrons. The summed E-state index contributed by atoms with van der Waals surface area (Å²) in [5.74, 6) is 2.18. The molecule has 1 amide bonds. The summed E-state index contributed by atoms with van der Waals surface area (Å²) in [7, 11) is 1.91. The number of carbonyl (C=O) groups is 1. The maximum atomic E-state index is 12.6. The van der Waals surface area contributed by atoms with E-state index in [1.165, 1.54) is 5.56 Å². The summed E-state index contributed by atoms with van der Waals surface area (Å²) in [5.41, 5.74) is 1.42. The number of aryl methyl sites for hydroxylation is 1. The van der Waals surface area contributed by atoms with Crippen LogP contribution in [0.5, 0.6) is 0 Å². The van der Waals surface area contributed by atoms with Crippen LogP contribution in [0.15, 0.2) is 57.7 Å². The molecule has 2 aromatic heterocycles. The zero-order valence-corrected chi connectivity index (χ0v) is 16.1. The fraction of sp³-hybridized carbons (Fsp3) is 0.409. The number of furan rings is 1. The van der Waals surface area contributed by atoms with Crippen molar-refractivity contribution in [3.8, 4) is 11.6 Å². The lowest BCUT2D eigenvalue weighted by Crippen LogP contribution is -2.39. The second-order valence-electron chi connectivity index (χ2n) is 7.41. The molecular formula is C22H25N3O3. The molecule has 0 radical (unpaired) electrons. The molecule has 6 nitrogen and oxygen atoms in total. The monoisotopic (exact) mass is 379 g/mol. The second kappa shape index (κ2) is 8.42. The largest absolute Gasteiger partial charge is 0.461 e. The van der Waals surface area contributed by atoms with Gasteiger partial charge in [-0.05, 0) is 49.3 Å². The van der Waals surface area contributed by atoms with Gasteiger partial charge in [-0.2, -0.15) is 4.98 Å². The van der Waals surface area contributed by atoms with Crippen LogP contribution in [0, 0.1) is 0 Å². The van der Waals surface area contributed by atoms with Crippen molar-refractivity contribution in [2.45, 2.75) is 50.5 Å². The fourth-order valence-electron chi connectivity index (χ4n) is 3.98. The van der Waals surface area contributed by atoms with Crippen molar-refractivity contribution in [3.63, 3.8) is 0 Å². The van der Waals surface area contributed by atoms with E-state index < -0.39 is 0 Å². The molecule has 28 heavy (non-hydrogen) atoms. The lowest BCUT2D eigenvalue weighted by molar-refractivity contribution is -0.132. The first-order valence-electron chi connectivity index (χ1n) is 9.88. The number of nitrogens with zero attached hydrogens (tertiary/aromatic N) is 3. The van der Waals surface area contributed by atoms with E-state index in [1.807, 2.05) is 11.9 Å². The van der Waals surface area contributed by atoms with E-state index >= 15 is 0 Å². The molecule has 1 saturated carbocycles. The molecule has 0 spiro atoms. The average molecular weight is 379 g/mol. The molecule has 6 heteroatoms. The number of amides is 1. The minimum absolute atomic E-state index is 0.126. The summed E-state index contributed by atoms with van der Waals surface area (Å²) in [6.07, 6.45) is 6.72. The van der Waals surface area contributed by atoms with Gasteiger partial charge >= 0.3 is 0 Å². The Morgan fingerprint density at radius 1 is 1.11 bits per heavy atom. The SMILES string of the molecule is CN(C(=O)CCc1nc(-c2ccco2)no1)C1CCC(c2ccccc2)CC1. The van der Waals surface area contributed by atoms with Gasteiger partial charge in [0.2, 0.25) is 17.6 Å². The van der Waals surface area contributed by atoms with Crippen LogP contribution in [0.3, 0.4) is 0 Å². The number of carbonyl (C=O) groups excluding carboxylic acids is 1. The Morgan fingerprint density at radius 2 is 1.89 bits per heavy atom. The molecule has 1 fully saturated rings.